The lowest BCUT2D eigenvalue weighted by atomic mass is 10.1. The van der Waals surface area contributed by atoms with E-state index in [1.165, 1.54) is 5.69 Å². The van der Waals surface area contributed by atoms with Crippen LogP contribution in [0.2, 0.25) is 0 Å². The monoisotopic (exact) mass is 207 g/mol. The van der Waals surface area contributed by atoms with Gasteiger partial charge in [-0.15, -0.1) is 0 Å². The highest BCUT2D eigenvalue weighted by Gasteiger charge is 2.11. The molecular weight excluding hydrogens is 186 g/mol. The molecule has 1 N–H and O–H groups in total. The fourth-order valence-corrected chi connectivity index (χ4v) is 1.80. The molecule has 0 saturated carbocycles. The zero-order valence-electron chi connectivity index (χ0n) is 10.1. The summed E-state index contributed by atoms with van der Waals surface area (Å²) in [4.78, 5) is 6.52. The number of hydrogen-bond donors (Lipinski definition) is 1. The summed E-state index contributed by atoms with van der Waals surface area (Å²) in [5, 5.41) is 3.11. The first-order valence-corrected chi connectivity index (χ1v) is 5.58. The van der Waals surface area contributed by atoms with E-state index in [4.69, 9.17) is 0 Å². The van der Waals surface area contributed by atoms with E-state index in [1.807, 2.05) is 19.4 Å². The molecule has 15 heavy (non-hydrogen) atoms. The van der Waals surface area contributed by atoms with Crippen molar-refractivity contribution in [2.75, 3.05) is 24.3 Å². The summed E-state index contributed by atoms with van der Waals surface area (Å²) >= 11 is 0. The summed E-state index contributed by atoms with van der Waals surface area (Å²) in [6, 6.07) is 2.73. The number of nitrogens with one attached hydrogen (secondary N) is 1. The summed E-state index contributed by atoms with van der Waals surface area (Å²) in [6.45, 7) is 4.44. The van der Waals surface area contributed by atoms with E-state index in [0.29, 0.717) is 6.04 Å². The summed E-state index contributed by atoms with van der Waals surface area (Å²) in [5.41, 5.74) is 2.24. The average molecular weight is 207 g/mol. The molecule has 0 bridgehead atoms. The number of anilines is 2. The van der Waals surface area contributed by atoms with Crippen LogP contribution in [0.4, 0.5) is 11.4 Å². The molecule has 1 aromatic rings. The molecule has 0 spiro atoms. The largest absolute Gasteiger partial charge is 0.387 e. The second kappa shape index (κ2) is 5.59. The second-order valence-corrected chi connectivity index (χ2v) is 3.76. The molecule has 0 atom stereocenters. The SMILES string of the molecule is CCC(CC)N(C)c1cncc(NC)c1. The third-order valence-electron chi connectivity index (χ3n) is 2.91. The van der Waals surface area contributed by atoms with Crippen LogP contribution in [-0.4, -0.2) is 25.1 Å². The fourth-order valence-electron chi connectivity index (χ4n) is 1.80. The van der Waals surface area contributed by atoms with Crippen LogP contribution in [0.25, 0.3) is 0 Å². The molecule has 1 heterocycles. The maximum atomic E-state index is 4.22. The minimum atomic E-state index is 0.596. The molecule has 1 rings (SSSR count). The second-order valence-electron chi connectivity index (χ2n) is 3.76. The van der Waals surface area contributed by atoms with Gasteiger partial charge in [0.25, 0.3) is 0 Å². The van der Waals surface area contributed by atoms with Gasteiger partial charge in [0.15, 0.2) is 0 Å². The van der Waals surface area contributed by atoms with Crippen molar-refractivity contribution in [1.82, 2.24) is 4.98 Å². The van der Waals surface area contributed by atoms with Crippen LogP contribution in [0.15, 0.2) is 18.5 Å². The zero-order valence-corrected chi connectivity index (χ0v) is 10.1. The lowest BCUT2D eigenvalue weighted by Crippen LogP contribution is -2.30. The highest BCUT2D eigenvalue weighted by molar-refractivity contribution is 5.55. The Morgan fingerprint density at radius 2 is 2.00 bits per heavy atom. The molecular formula is C12H21N3. The number of pyridine rings is 1. The predicted molar refractivity (Wildman–Crippen MR) is 66.6 cm³/mol. The topological polar surface area (TPSA) is 28.2 Å². The van der Waals surface area contributed by atoms with Gasteiger partial charge in [-0.2, -0.15) is 0 Å². The van der Waals surface area contributed by atoms with Gasteiger partial charge in [0.1, 0.15) is 0 Å². The van der Waals surface area contributed by atoms with Gasteiger partial charge in [0, 0.05) is 20.1 Å². The van der Waals surface area contributed by atoms with E-state index < -0.39 is 0 Å². The molecule has 3 nitrogen and oxygen atoms in total. The molecule has 84 valence electrons. The van der Waals surface area contributed by atoms with Crippen LogP contribution in [0.5, 0.6) is 0 Å². The molecule has 0 unspecified atom stereocenters. The van der Waals surface area contributed by atoms with Gasteiger partial charge in [-0.1, -0.05) is 13.8 Å². The van der Waals surface area contributed by atoms with Crippen molar-refractivity contribution in [3.63, 3.8) is 0 Å². The van der Waals surface area contributed by atoms with Crippen LogP contribution >= 0.6 is 0 Å². The molecule has 0 saturated heterocycles. The maximum Gasteiger partial charge on any atom is 0.0573 e. The first kappa shape index (κ1) is 11.8. The van der Waals surface area contributed by atoms with Crippen molar-refractivity contribution < 1.29 is 0 Å². The smallest absolute Gasteiger partial charge is 0.0573 e. The summed E-state index contributed by atoms with van der Waals surface area (Å²) in [6.07, 6.45) is 6.08. The minimum absolute atomic E-state index is 0.596. The van der Waals surface area contributed by atoms with Crippen LogP contribution in [-0.2, 0) is 0 Å². The molecule has 0 aliphatic carbocycles. The minimum Gasteiger partial charge on any atom is -0.387 e. The molecule has 1 aromatic heterocycles. The van der Waals surface area contributed by atoms with Crippen LogP contribution in [0.1, 0.15) is 26.7 Å². The van der Waals surface area contributed by atoms with Crippen LogP contribution in [0.3, 0.4) is 0 Å². The van der Waals surface area contributed by atoms with E-state index in [-0.39, 0.29) is 0 Å². The summed E-state index contributed by atoms with van der Waals surface area (Å²) in [7, 11) is 4.05. The molecule has 3 heteroatoms. The number of hydrogen-bond acceptors (Lipinski definition) is 3. The predicted octanol–water partition coefficient (Wildman–Crippen LogP) is 2.75. The Kier molecular flexibility index (Phi) is 4.40. The zero-order chi connectivity index (χ0) is 11.3. The van der Waals surface area contributed by atoms with Gasteiger partial charge in [-0.25, -0.2) is 0 Å². The third kappa shape index (κ3) is 2.85. The maximum absolute atomic E-state index is 4.22. The lowest BCUT2D eigenvalue weighted by Gasteiger charge is -2.28. The molecule has 0 amide bonds. The van der Waals surface area contributed by atoms with Crippen LogP contribution < -0.4 is 10.2 Å². The quantitative estimate of drug-likeness (QED) is 0.804. The molecule has 0 fully saturated rings. The van der Waals surface area contributed by atoms with Gasteiger partial charge in [0.05, 0.1) is 23.8 Å². The number of nitrogens with zero attached hydrogens (tertiary/aromatic N) is 2. The first-order valence-electron chi connectivity index (χ1n) is 5.58. The Hall–Kier alpha value is -1.25. The Bertz CT molecular complexity index is 295. The van der Waals surface area contributed by atoms with Gasteiger partial charge in [-0.05, 0) is 18.9 Å². The molecule has 0 radical (unpaired) electrons. The normalized spacial score (nSPS) is 10.5. The van der Waals surface area contributed by atoms with Gasteiger partial charge >= 0.3 is 0 Å². The van der Waals surface area contributed by atoms with Crippen molar-refractivity contribution >= 4 is 11.4 Å². The highest BCUT2D eigenvalue weighted by atomic mass is 15.1. The first-order chi connectivity index (χ1) is 7.22. The van der Waals surface area contributed by atoms with Gasteiger partial charge in [0.2, 0.25) is 0 Å². The Balaban J connectivity index is 2.84. The van der Waals surface area contributed by atoms with Crippen molar-refractivity contribution in [3.05, 3.63) is 18.5 Å². The lowest BCUT2D eigenvalue weighted by molar-refractivity contribution is 0.591. The van der Waals surface area contributed by atoms with E-state index in [2.05, 4.69) is 42.2 Å². The highest BCUT2D eigenvalue weighted by Crippen LogP contribution is 2.20. The standard InChI is InChI=1S/C12H21N3/c1-5-11(6-2)15(4)12-7-10(13-3)8-14-9-12/h7-9,11,13H,5-6H2,1-4H3. The third-order valence-corrected chi connectivity index (χ3v) is 2.91. The van der Waals surface area contributed by atoms with Crippen molar-refractivity contribution in [2.45, 2.75) is 32.7 Å². The van der Waals surface area contributed by atoms with E-state index >= 15 is 0 Å². The van der Waals surface area contributed by atoms with Gasteiger partial charge in [-0.3, -0.25) is 4.98 Å². The van der Waals surface area contributed by atoms with E-state index in [9.17, 15) is 0 Å². The van der Waals surface area contributed by atoms with Crippen molar-refractivity contribution in [3.8, 4) is 0 Å². The van der Waals surface area contributed by atoms with E-state index in [0.717, 1.165) is 18.5 Å². The molecule has 0 aliphatic rings. The van der Waals surface area contributed by atoms with Crippen molar-refractivity contribution in [2.24, 2.45) is 0 Å². The number of rotatable bonds is 5. The Labute approximate surface area is 92.5 Å². The van der Waals surface area contributed by atoms with E-state index in [1.54, 1.807) is 0 Å². The van der Waals surface area contributed by atoms with Crippen LogP contribution in [0, 0.1) is 0 Å². The fraction of sp³-hybridized carbons (Fsp3) is 0.583. The summed E-state index contributed by atoms with van der Waals surface area (Å²) in [5.74, 6) is 0. The molecule has 0 aromatic carbocycles. The molecule has 0 aliphatic heterocycles. The Morgan fingerprint density at radius 1 is 1.33 bits per heavy atom. The Morgan fingerprint density at radius 3 is 2.53 bits per heavy atom. The number of aromatic nitrogens is 1. The van der Waals surface area contributed by atoms with Crippen molar-refractivity contribution in [1.29, 1.82) is 0 Å². The summed E-state index contributed by atoms with van der Waals surface area (Å²) < 4.78 is 0. The average Bonchev–Trinajstić information content (AvgIpc) is 2.30. The van der Waals surface area contributed by atoms with Gasteiger partial charge < -0.3 is 10.2 Å².